The standard InChI is InChI=1S/C37H77NO2/c1-4-7-9-11-13-15-17-19-21-22-24-26-28-30-32-34-36-40-38-37(6-3)39-35-33-31-29-27-25-23-20-18-16-14-12-10-8-5-2/h37-38H,4-36H2,1-3H3. The average molecular weight is 568 g/mol. The van der Waals surface area contributed by atoms with Crippen LogP contribution in [0.2, 0.25) is 0 Å². The smallest absolute Gasteiger partial charge is 0.130 e. The molecule has 0 aromatic heterocycles. The Morgan fingerprint density at radius 1 is 0.350 bits per heavy atom. The van der Waals surface area contributed by atoms with Gasteiger partial charge in [-0.1, -0.05) is 201 Å². The molecule has 40 heavy (non-hydrogen) atoms. The number of unbranched alkanes of at least 4 members (excludes halogenated alkanes) is 28. The minimum absolute atomic E-state index is 0.0445. The van der Waals surface area contributed by atoms with Gasteiger partial charge in [0.05, 0.1) is 6.61 Å². The third kappa shape index (κ3) is 34.1. The van der Waals surface area contributed by atoms with Crippen LogP contribution in [0.3, 0.4) is 0 Å². The summed E-state index contributed by atoms with van der Waals surface area (Å²) >= 11 is 0. The van der Waals surface area contributed by atoms with Gasteiger partial charge in [-0.2, -0.15) is 5.48 Å². The molecule has 0 spiro atoms. The molecule has 3 heteroatoms. The molecule has 0 aromatic carbocycles. The number of hydroxylamine groups is 1. The Balaban J connectivity index is 3.24. The van der Waals surface area contributed by atoms with Crippen LogP contribution in [0.1, 0.15) is 220 Å². The molecule has 0 amide bonds. The minimum atomic E-state index is 0.0445. The van der Waals surface area contributed by atoms with Crippen LogP contribution in [-0.2, 0) is 9.57 Å². The Kier molecular flexibility index (Phi) is 36.8. The van der Waals surface area contributed by atoms with Crippen LogP contribution in [0.5, 0.6) is 0 Å². The Labute approximate surface area is 254 Å². The highest BCUT2D eigenvalue weighted by Crippen LogP contribution is 2.15. The highest BCUT2D eigenvalue weighted by Gasteiger charge is 2.05. The molecular weight excluding hydrogens is 490 g/mol. The molecule has 0 radical (unpaired) electrons. The van der Waals surface area contributed by atoms with Gasteiger partial charge in [-0.05, 0) is 19.3 Å². The summed E-state index contributed by atoms with van der Waals surface area (Å²) in [6.07, 6.45) is 43.1. The van der Waals surface area contributed by atoms with Gasteiger partial charge in [-0.3, -0.25) is 4.84 Å². The molecule has 0 saturated heterocycles. The second kappa shape index (κ2) is 36.9. The molecule has 3 nitrogen and oxygen atoms in total. The van der Waals surface area contributed by atoms with Crippen molar-refractivity contribution in [3.8, 4) is 0 Å². The van der Waals surface area contributed by atoms with Crippen molar-refractivity contribution in [2.24, 2.45) is 0 Å². The van der Waals surface area contributed by atoms with Crippen LogP contribution in [-0.4, -0.2) is 19.4 Å². The maximum absolute atomic E-state index is 6.00. The lowest BCUT2D eigenvalue weighted by Crippen LogP contribution is -2.32. The van der Waals surface area contributed by atoms with Gasteiger partial charge < -0.3 is 4.74 Å². The molecule has 0 fully saturated rings. The zero-order valence-corrected chi connectivity index (χ0v) is 28.2. The normalized spacial score (nSPS) is 12.4. The van der Waals surface area contributed by atoms with Crippen molar-refractivity contribution in [2.45, 2.75) is 226 Å². The molecule has 0 rings (SSSR count). The number of ether oxygens (including phenoxy) is 1. The second-order valence-electron chi connectivity index (χ2n) is 12.6. The van der Waals surface area contributed by atoms with E-state index >= 15 is 0 Å². The number of nitrogens with one attached hydrogen (secondary N) is 1. The molecule has 0 bridgehead atoms. The van der Waals surface area contributed by atoms with Gasteiger partial charge in [0, 0.05) is 6.61 Å². The average Bonchev–Trinajstić information content (AvgIpc) is 2.97. The molecule has 0 saturated carbocycles. The molecule has 0 aromatic rings. The summed E-state index contributed by atoms with van der Waals surface area (Å²) in [6, 6.07) is 0. The molecule has 1 unspecified atom stereocenters. The van der Waals surface area contributed by atoms with E-state index in [1.165, 1.54) is 186 Å². The Bertz CT molecular complexity index is 430. The summed E-state index contributed by atoms with van der Waals surface area (Å²) in [6.45, 7) is 8.42. The fourth-order valence-electron chi connectivity index (χ4n) is 5.63. The van der Waals surface area contributed by atoms with E-state index in [0.29, 0.717) is 0 Å². The largest absolute Gasteiger partial charge is 0.361 e. The van der Waals surface area contributed by atoms with Crippen molar-refractivity contribution in [2.75, 3.05) is 13.2 Å². The molecule has 1 atom stereocenters. The quantitative estimate of drug-likeness (QED) is 0.0464. The van der Waals surface area contributed by atoms with Crippen LogP contribution in [0.15, 0.2) is 0 Å². The first kappa shape index (κ1) is 39.9. The van der Waals surface area contributed by atoms with Crippen molar-refractivity contribution < 1.29 is 9.57 Å². The van der Waals surface area contributed by atoms with Crippen molar-refractivity contribution in [3.63, 3.8) is 0 Å². The Hall–Kier alpha value is -0.120. The summed E-state index contributed by atoms with van der Waals surface area (Å²) in [5.74, 6) is 0. The second-order valence-corrected chi connectivity index (χ2v) is 12.6. The predicted octanol–water partition coefficient (Wildman–Crippen LogP) is 13.0. The van der Waals surface area contributed by atoms with Crippen LogP contribution >= 0.6 is 0 Å². The van der Waals surface area contributed by atoms with Gasteiger partial charge in [-0.15, -0.1) is 0 Å². The number of rotatable bonds is 36. The molecule has 0 aliphatic carbocycles. The first-order valence-corrected chi connectivity index (χ1v) is 18.8. The van der Waals surface area contributed by atoms with Crippen molar-refractivity contribution in [1.29, 1.82) is 0 Å². The Morgan fingerprint density at radius 2 is 0.625 bits per heavy atom. The van der Waals surface area contributed by atoms with Crippen LogP contribution in [0.4, 0.5) is 0 Å². The Morgan fingerprint density at radius 3 is 0.925 bits per heavy atom. The van der Waals surface area contributed by atoms with E-state index in [9.17, 15) is 0 Å². The summed E-state index contributed by atoms with van der Waals surface area (Å²) in [4.78, 5) is 5.71. The van der Waals surface area contributed by atoms with Gasteiger partial charge in [0.25, 0.3) is 0 Å². The fraction of sp³-hybridized carbons (Fsp3) is 1.00. The molecule has 242 valence electrons. The lowest BCUT2D eigenvalue weighted by atomic mass is 10.0. The molecule has 0 heterocycles. The third-order valence-corrected chi connectivity index (χ3v) is 8.50. The molecule has 0 aliphatic heterocycles. The topological polar surface area (TPSA) is 30.5 Å². The maximum atomic E-state index is 6.00. The zero-order valence-electron chi connectivity index (χ0n) is 28.2. The van der Waals surface area contributed by atoms with Gasteiger partial charge >= 0.3 is 0 Å². The number of hydrogen-bond acceptors (Lipinski definition) is 3. The van der Waals surface area contributed by atoms with Gasteiger partial charge in [0.2, 0.25) is 0 Å². The highest BCUT2D eigenvalue weighted by atomic mass is 16.7. The summed E-state index contributed by atoms with van der Waals surface area (Å²) in [7, 11) is 0. The van der Waals surface area contributed by atoms with Crippen LogP contribution < -0.4 is 5.48 Å². The summed E-state index contributed by atoms with van der Waals surface area (Å²) in [5, 5.41) is 0. The predicted molar refractivity (Wildman–Crippen MR) is 179 cm³/mol. The third-order valence-electron chi connectivity index (χ3n) is 8.50. The SMILES string of the molecule is CCCCCCCCCCCCCCCCCCONC(CC)OCCCCCCCCCCCCCCCC. The molecular formula is C37H77NO2. The molecule has 0 aliphatic rings. The first-order valence-electron chi connectivity index (χ1n) is 18.8. The van der Waals surface area contributed by atoms with Crippen molar-refractivity contribution >= 4 is 0 Å². The van der Waals surface area contributed by atoms with Gasteiger partial charge in [0.15, 0.2) is 0 Å². The summed E-state index contributed by atoms with van der Waals surface area (Å²) in [5.41, 5.74) is 3.15. The maximum Gasteiger partial charge on any atom is 0.130 e. The lowest BCUT2D eigenvalue weighted by Gasteiger charge is -2.17. The van der Waals surface area contributed by atoms with Gasteiger partial charge in [-0.25, -0.2) is 0 Å². The highest BCUT2D eigenvalue weighted by molar-refractivity contribution is 4.52. The van der Waals surface area contributed by atoms with Crippen LogP contribution in [0.25, 0.3) is 0 Å². The fourth-order valence-corrected chi connectivity index (χ4v) is 5.63. The van der Waals surface area contributed by atoms with E-state index in [1.54, 1.807) is 0 Å². The van der Waals surface area contributed by atoms with Gasteiger partial charge in [0.1, 0.15) is 6.23 Å². The van der Waals surface area contributed by atoms with E-state index in [4.69, 9.17) is 9.57 Å². The lowest BCUT2D eigenvalue weighted by molar-refractivity contribution is -0.0932. The van der Waals surface area contributed by atoms with E-state index in [-0.39, 0.29) is 6.23 Å². The van der Waals surface area contributed by atoms with E-state index in [2.05, 4.69) is 26.3 Å². The van der Waals surface area contributed by atoms with E-state index < -0.39 is 0 Å². The molecule has 1 N–H and O–H groups in total. The zero-order chi connectivity index (χ0) is 29.0. The van der Waals surface area contributed by atoms with Crippen molar-refractivity contribution in [3.05, 3.63) is 0 Å². The first-order chi connectivity index (χ1) is 19.8. The monoisotopic (exact) mass is 568 g/mol. The van der Waals surface area contributed by atoms with E-state index in [1.807, 2.05) is 0 Å². The van der Waals surface area contributed by atoms with E-state index in [0.717, 1.165) is 26.1 Å². The summed E-state index contributed by atoms with van der Waals surface area (Å²) < 4.78 is 6.00. The van der Waals surface area contributed by atoms with Crippen molar-refractivity contribution in [1.82, 2.24) is 5.48 Å². The number of hydrogen-bond donors (Lipinski definition) is 1. The van der Waals surface area contributed by atoms with Crippen LogP contribution in [0, 0.1) is 0 Å². The minimum Gasteiger partial charge on any atom is -0.361 e.